The van der Waals surface area contributed by atoms with Gasteiger partial charge in [-0.2, -0.15) is 0 Å². The Balaban J connectivity index is 4.09. The monoisotopic (exact) mass is 176 g/mol. The SMILES string of the molecule is COCC(=O)C(C)(O)CC(C)O. The lowest BCUT2D eigenvalue weighted by Crippen LogP contribution is -2.40. The Kier molecular flexibility index (Phi) is 4.37. The zero-order chi connectivity index (χ0) is 9.78. The summed E-state index contributed by atoms with van der Waals surface area (Å²) in [6, 6.07) is 0. The molecule has 0 saturated carbocycles. The van der Waals surface area contributed by atoms with Crippen LogP contribution < -0.4 is 0 Å². The van der Waals surface area contributed by atoms with Gasteiger partial charge in [0.15, 0.2) is 5.78 Å². The molecule has 0 aromatic carbocycles. The minimum Gasteiger partial charge on any atom is -0.393 e. The first-order chi connectivity index (χ1) is 5.40. The van der Waals surface area contributed by atoms with Crippen LogP contribution in [0.2, 0.25) is 0 Å². The summed E-state index contributed by atoms with van der Waals surface area (Å²) in [7, 11) is 1.39. The number of carbonyl (C=O) groups excluding carboxylic acids is 1. The Hall–Kier alpha value is -0.450. The van der Waals surface area contributed by atoms with Crippen molar-refractivity contribution in [2.24, 2.45) is 0 Å². The van der Waals surface area contributed by atoms with E-state index in [-0.39, 0.29) is 13.0 Å². The van der Waals surface area contributed by atoms with Gasteiger partial charge >= 0.3 is 0 Å². The molecule has 0 radical (unpaired) electrons. The molecular formula is C8H16O4. The summed E-state index contributed by atoms with van der Waals surface area (Å²) in [4.78, 5) is 11.1. The van der Waals surface area contributed by atoms with Crippen LogP contribution in [0.1, 0.15) is 20.3 Å². The van der Waals surface area contributed by atoms with Gasteiger partial charge in [0, 0.05) is 13.5 Å². The predicted molar refractivity (Wildman–Crippen MR) is 43.8 cm³/mol. The molecule has 0 spiro atoms. The standard InChI is InChI=1S/C8H16O4/c1-6(9)4-8(2,11)7(10)5-12-3/h6,9,11H,4-5H2,1-3H3. The van der Waals surface area contributed by atoms with Crippen molar-refractivity contribution in [2.45, 2.75) is 32.0 Å². The number of ketones is 1. The molecule has 72 valence electrons. The quantitative estimate of drug-likeness (QED) is 0.604. The average Bonchev–Trinajstić information content (AvgIpc) is 1.85. The number of methoxy groups -OCH3 is 1. The van der Waals surface area contributed by atoms with Gasteiger partial charge < -0.3 is 14.9 Å². The molecule has 0 fully saturated rings. The van der Waals surface area contributed by atoms with Crippen molar-refractivity contribution in [3.63, 3.8) is 0 Å². The first-order valence-corrected chi connectivity index (χ1v) is 3.83. The molecule has 0 aliphatic heterocycles. The van der Waals surface area contributed by atoms with Crippen molar-refractivity contribution < 1.29 is 19.7 Å². The molecule has 4 nitrogen and oxygen atoms in total. The number of carbonyl (C=O) groups is 1. The van der Waals surface area contributed by atoms with Crippen LogP contribution in [0.3, 0.4) is 0 Å². The molecular weight excluding hydrogens is 160 g/mol. The second kappa shape index (κ2) is 4.54. The number of Topliss-reactive ketones (excluding diaryl/α,β-unsaturated/α-hetero) is 1. The maximum atomic E-state index is 11.1. The topological polar surface area (TPSA) is 66.8 Å². The Morgan fingerprint density at radius 3 is 2.50 bits per heavy atom. The first kappa shape index (κ1) is 11.6. The molecule has 0 aliphatic carbocycles. The highest BCUT2D eigenvalue weighted by Gasteiger charge is 2.30. The lowest BCUT2D eigenvalue weighted by Gasteiger charge is -2.22. The second-order valence-electron chi connectivity index (χ2n) is 3.18. The van der Waals surface area contributed by atoms with E-state index in [1.165, 1.54) is 21.0 Å². The van der Waals surface area contributed by atoms with Crippen LogP contribution in [0.4, 0.5) is 0 Å². The van der Waals surface area contributed by atoms with E-state index in [1.54, 1.807) is 0 Å². The predicted octanol–water partition coefficient (Wildman–Crippen LogP) is -0.276. The van der Waals surface area contributed by atoms with Crippen LogP contribution in [0.15, 0.2) is 0 Å². The summed E-state index contributed by atoms with van der Waals surface area (Å²) in [5.74, 6) is -0.411. The minimum atomic E-state index is -1.48. The largest absolute Gasteiger partial charge is 0.393 e. The highest BCUT2D eigenvalue weighted by Crippen LogP contribution is 2.13. The van der Waals surface area contributed by atoms with Gasteiger partial charge in [0.2, 0.25) is 0 Å². The lowest BCUT2D eigenvalue weighted by atomic mass is 9.94. The summed E-state index contributed by atoms with van der Waals surface area (Å²) in [5.41, 5.74) is -1.48. The molecule has 2 atom stereocenters. The smallest absolute Gasteiger partial charge is 0.189 e. The molecule has 0 aliphatic rings. The lowest BCUT2D eigenvalue weighted by molar-refractivity contribution is -0.142. The summed E-state index contributed by atoms with van der Waals surface area (Å²) in [6.07, 6.45) is -0.657. The van der Waals surface area contributed by atoms with Crippen molar-refractivity contribution in [3.05, 3.63) is 0 Å². The van der Waals surface area contributed by atoms with E-state index >= 15 is 0 Å². The van der Waals surface area contributed by atoms with Gasteiger partial charge in [-0.25, -0.2) is 0 Å². The number of aliphatic hydroxyl groups is 2. The first-order valence-electron chi connectivity index (χ1n) is 3.83. The number of hydrogen-bond donors (Lipinski definition) is 2. The Bertz CT molecular complexity index is 151. The van der Waals surface area contributed by atoms with E-state index in [2.05, 4.69) is 4.74 Å². The highest BCUT2D eigenvalue weighted by atomic mass is 16.5. The summed E-state index contributed by atoms with van der Waals surface area (Å²) in [5, 5.41) is 18.4. The third kappa shape index (κ3) is 3.80. The van der Waals surface area contributed by atoms with Gasteiger partial charge in [0.25, 0.3) is 0 Å². The fourth-order valence-corrected chi connectivity index (χ4v) is 0.976. The van der Waals surface area contributed by atoms with Gasteiger partial charge in [-0.1, -0.05) is 0 Å². The van der Waals surface area contributed by atoms with Crippen molar-refractivity contribution in [2.75, 3.05) is 13.7 Å². The van der Waals surface area contributed by atoms with E-state index in [1.807, 2.05) is 0 Å². The van der Waals surface area contributed by atoms with E-state index in [4.69, 9.17) is 5.11 Å². The van der Waals surface area contributed by atoms with Crippen LogP contribution in [0.5, 0.6) is 0 Å². The normalized spacial score (nSPS) is 18.4. The Morgan fingerprint density at radius 1 is 1.67 bits per heavy atom. The molecule has 0 aromatic heterocycles. The molecule has 0 amide bonds. The molecule has 4 heteroatoms. The molecule has 0 rings (SSSR count). The van der Waals surface area contributed by atoms with Gasteiger partial charge in [-0.05, 0) is 13.8 Å². The third-order valence-corrected chi connectivity index (χ3v) is 1.57. The summed E-state index contributed by atoms with van der Waals surface area (Å²) >= 11 is 0. The number of rotatable bonds is 5. The van der Waals surface area contributed by atoms with E-state index in [0.29, 0.717) is 0 Å². The van der Waals surface area contributed by atoms with E-state index < -0.39 is 17.5 Å². The average molecular weight is 176 g/mol. The number of ether oxygens (including phenoxy) is 1. The van der Waals surface area contributed by atoms with Gasteiger partial charge in [0.1, 0.15) is 12.2 Å². The second-order valence-corrected chi connectivity index (χ2v) is 3.18. The summed E-state index contributed by atoms with van der Waals surface area (Å²) < 4.78 is 4.58. The Labute approximate surface area is 72.2 Å². The highest BCUT2D eigenvalue weighted by molar-refractivity contribution is 5.87. The maximum absolute atomic E-state index is 11.1. The van der Waals surface area contributed by atoms with E-state index in [9.17, 15) is 9.90 Å². The fraction of sp³-hybridized carbons (Fsp3) is 0.875. The molecule has 0 bridgehead atoms. The molecule has 0 heterocycles. The van der Waals surface area contributed by atoms with Crippen molar-refractivity contribution >= 4 is 5.78 Å². The summed E-state index contributed by atoms with van der Waals surface area (Å²) in [6.45, 7) is 2.77. The fourth-order valence-electron chi connectivity index (χ4n) is 0.976. The van der Waals surface area contributed by atoms with Crippen LogP contribution in [-0.4, -0.2) is 41.4 Å². The molecule has 0 saturated heterocycles. The number of hydrogen-bond acceptors (Lipinski definition) is 4. The molecule has 0 aromatic rings. The Morgan fingerprint density at radius 2 is 2.17 bits per heavy atom. The molecule has 12 heavy (non-hydrogen) atoms. The molecule has 2 N–H and O–H groups in total. The van der Waals surface area contributed by atoms with Gasteiger partial charge in [-0.15, -0.1) is 0 Å². The van der Waals surface area contributed by atoms with Crippen LogP contribution >= 0.6 is 0 Å². The van der Waals surface area contributed by atoms with Crippen molar-refractivity contribution in [3.8, 4) is 0 Å². The zero-order valence-corrected chi connectivity index (χ0v) is 7.70. The van der Waals surface area contributed by atoms with Crippen LogP contribution in [-0.2, 0) is 9.53 Å². The van der Waals surface area contributed by atoms with Gasteiger partial charge in [-0.3, -0.25) is 4.79 Å². The van der Waals surface area contributed by atoms with Crippen molar-refractivity contribution in [1.29, 1.82) is 0 Å². The van der Waals surface area contributed by atoms with Crippen LogP contribution in [0, 0.1) is 0 Å². The zero-order valence-electron chi connectivity index (χ0n) is 7.70. The van der Waals surface area contributed by atoms with Crippen molar-refractivity contribution in [1.82, 2.24) is 0 Å². The maximum Gasteiger partial charge on any atom is 0.189 e. The number of aliphatic hydroxyl groups excluding tert-OH is 1. The van der Waals surface area contributed by atoms with Crippen LogP contribution in [0.25, 0.3) is 0 Å². The molecule has 2 unspecified atom stereocenters. The minimum absolute atomic E-state index is 0.0369. The third-order valence-electron chi connectivity index (χ3n) is 1.57. The van der Waals surface area contributed by atoms with Gasteiger partial charge in [0.05, 0.1) is 6.10 Å². The van der Waals surface area contributed by atoms with E-state index in [0.717, 1.165) is 0 Å².